The fraction of sp³-hybridized carbons (Fsp3) is 0.600. The molecule has 1 heterocycles. The number of benzene rings is 1. The highest BCUT2D eigenvalue weighted by molar-refractivity contribution is 6.02. The second-order valence-corrected chi connectivity index (χ2v) is 9.41. The molecule has 156 valence electrons. The largest absolute Gasteiger partial charge is 0.366 e. The van der Waals surface area contributed by atoms with E-state index in [4.69, 9.17) is 0 Å². The zero-order chi connectivity index (χ0) is 21.2. The quantitative estimate of drug-likeness (QED) is 0.546. The molecule has 0 radical (unpaired) electrons. The van der Waals surface area contributed by atoms with Crippen molar-refractivity contribution < 1.29 is 4.79 Å². The molecule has 1 aromatic rings. The summed E-state index contributed by atoms with van der Waals surface area (Å²) in [5.74, 6) is 0.207. The molecule has 0 spiro atoms. The molecule has 4 nitrogen and oxygen atoms in total. The third-order valence-corrected chi connectivity index (χ3v) is 6.70. The van der Waals surface area contributed by atoms with Gasteiger partial charge in [-0.15, -0.1) is 0 Å². The van der Waals surface area contributed by atoms with Crippen LogP contribution in [0.5, 0.6) is 0 Å². The van der Waals surface area contributed by atoms with E-state index in [9.17, 15) is 10.1 Å². The topological polar surface area (TPSA) is 56.1 Å². The molecule has 1 atom stereocenters. The average Bonchev–Trinajstić information content (AvgIpc) is 2.67. The van der Waals surface area contributed by atoms with Gasteiger partial charge in [0.15, 0.2) is 0 Å². The number of aryl methyl sites for hydroxylation is 1. The number of carbonyl (C=O) groups excluding carboxylic acids is 1. The summed E-state index contributed by atoms with van der Waals surface area (Å²) in [6, 6.07) is 6.76. The molecule has 2 aliphatic rings. The Morgan fingerprint density at radius 1 is 1.31 bits per heavy atom. The van der Waals surface area contributed by atoms with E-state index in [0.29, 0.717) is 5.92 Å². The van der Waals surface area contributed by atoms with E-state index in [0.717, 1.165) is 49.8 Å². The molecule has 1 aliphatic heterocycles. The second kappa shape index (κ2) is 8.61. The number of fused-ring (bicyclic) bond motifs is 1. The van der Waals surface area contributed by atoms with Crippen LogP contribution in [-0.4, -0.2) is 24.0 Å². The number of amides is 1. The maximum Gasteiger partial charge on any atom is 0.262 e. The summed E-state index contributed by atoms with van der Waals surface area (Å²) >= 11 is 0. The lowest BCUT2D eigenvalue weighted by molar-refractivity contribution is -0.117. The summed E-state index contributed by atoms with van der Waals surface area (Å²) in [6.07, 6.45) is 8.45. The smallest absolute Gasteiger partial charge is 0.262 e. The number of carbonyl (C=O) groups is 1. The summed E-state index contributed by atoms with van der Waals surface area (Å²) in [4.78, 5) is 15.2. The Hall–Kier alpha value is -2.28. The third-order valence-electron chi connectivity index (χ3n) is 6.70. The maximum atomic E-state index is 12.7. The van der Waals surface area contributed by atoms with Crippen LogP contribution in [0.4, 0.5) is 5.69 Å². The molecule has 3 rings (SSSR count). The molecule has 0 saturated heterocycles. The minimum Gasteiger partial charge on any atom is -0.366 e. The molecule has 1 fully saturated rings. The van der Waals surface area contributed by atoms with Crippen LogP contribution in [0.15, 0.2) is 17.7 Å². The van der Waals surface area contributed by atoms with Crippen LogP contribution in [0.2, 0.25) is 0 Å². The minimum absolute atomic E-state index is 0.128. The lowest BCUT2D eigenvalue weighted by Gasteiger charge is -2.47. The van der Waals surface area contributed by atoms with Gasteiger partial charge in [0.05, 0.1) is 0 Å². The van der Waals surface area contributed by atoms with Crippen molar-refractivity contribution in [3.05, 3.63) is 34.4 Å². The number of nitrogens with zero attached hydrogens (tertiary/aromatic N) is 2. The van der Waals surface area contributed by atoms with Crippen LogP contribution in [-0.2, 0) is 4.79 Å². The van der Waals surface area contributed by atoms with Crippen molar-refractivity contribution >= 4 is 17.7 Å². The van der Waals surface area contributed by atoms with Gasteiger partial charge in [-0.3, -0.25) is 4.79 Å². The van der Waals surface area contributed by atoms with E-state index >= 15 is 0 Å². The van der Waals surface area contributed by atoms with Crippen molar-refractivity contribution in [3.63, 3.8) is 0 Å². The number of hydrogen-bond donors (Lipinski definition) is 1. The second-order valence-electron chi connectivity index (χ2n) is 9.41. The molecular formula is C25H35N3O. The van der Waals surface area contributed by atoms with Gasteiger partial charge in [-0.25, -0.2) is 0 Å². The summed E-state index contributed by atoms with van der Waals surface area (Å²) in [7, 11) is 0. The SMILES string of the molecule is CCN1c2cc(C)c(/C=C(/C#N)C(=O)NC3CCCCC3)cc2C(C)CC1(C)C. The number of hydrogen-bond acceptors (Lipinski definition) is 3. The Kier molecular flexibility index (Phi) is 6.36. The zero-order valence-corrected chi connectivity index (χ0v) is 18.6. The normalized spacial score (nSPS) is 22.0. The van der Waals surface area contributed by atoms with Crippen molar-refractivity contribution in [2.24, 2.45) is 0 Å². The highest BCUT2D eigenvalue weighted by Gasteiger charge is 2.35. The molecular weight excluding hydrogens is 358 g/mol. The first kappa shape index (κ1) is 21.4. The first-order valence-electron chi connectivity index (χ1n) is 11.1. The molecule has 0 aromatic heterocycles. The van der Waals surface area contributed by atoms with Gasteiger partial charge in [0.2, 0.25) is 0 Å². The zero-order valence-electron chi connectivity index (χ0n) is 18.6. The van der Waals surface area contributed by atoms with E-state index in [1.165, 1.54) is 17.7 Å². The number of anilines is 1. The molecule has 1 N–H and O–H groups in total. The van der Waals surface area contributed by atoms with Crippen LogP contribution < -0.4 is 10.2 Å². The first-order chi connectivity index (χ1) is 13.8. The fourth-order valence-electron chi connectivity index (χ4n) is 5.22. The Morgan fingerprint density at radius 3 is 2.62 bits per heavy atom. The first-order valence-corrected chi connectivity index (χ1v) is 11.1. The van der Waals surface area contributed by atoms with Crippen molar-refractivity contribution in [1.82, 2.24) is 5.32 Å². The molecule has 1 amide bonds. The molecule has 1 aromatic carbocycles. The lowest BCUT2D eigenvalue weighted by Crippen LogP contribution is -2.48. The number of nitrogens with one attached hydrogen (secondary N) is 1. The van der Waals surface area contributed by atoms with Crippen LogP contribution in [0.1, 0.15) is 88.8 Å². The van der Waals surface area contributed by atoms with Gasteiger partial charge in [-0.1, -0.05) is 26.2 Å². The van der Waals surface area contributed by atoms with Gasteiger partial charge in [0.1, 0.15) is 11.6 Å². The predicted octanol–water partition coefficient (Wildman–Crippen LogP) is 5.46. The monoisotopic (exact) mass is 393 g/mol. The van der Waals surface area contributed by atoms with E-state index in [2.05, 4.69) is 63.0 Å². The summed E-state index contributed by atoms with van der Waals surface area (Å²) in [5.41, 5.74) is 5.01. The average molecular weight is 394 g/mol. The third kappa shape index (κ3) is 4.50. The molecule has 0 bridgehead atoms. The van der Waals surface area contributed by atoms with E-state index in [1.54, 1.807) is 6.08 Å². The van der Waals surface area contributed by atoms with Gasteiger partial charge >= 0.3 is 0 Å². The van der Waals surface area contributed by atoms with Gasteiger partial charge in [0, 0.05) is 23.8 Å². The van der Waals surface area contributed by atoms with Gasteiger partial charge in [0.25, 0.3) is 5.91 Å². The maximum absolute atomic E-state index is 12.7. The highest BCUT2D eigenvalue weighted by atomic mass is 16.1. The van der Waals surface area contributed by atoms with Crippen LogP contribution in [0.3, 0.4) is 0 Å². The number of rotatable bonds is 4. The van der Waals surface area contributed by atoms with E-state index in [1.807, 2.05) is 0 Å². The number of nitriles is 1. The van der Waals surface area contributed by atoms with Crippen molar-refractivity contribution in [3.8, 4) is 6.07 Å². The molecule has 1 unspecified atom stereocenters. The van der Waals surface area contributed by atoms with E-state index in [-0.39, 0.29) is 23.1 Å². The van der Waals surface area contributed by atoms with Gasteiger partial charge in [-0.2, -0.15) is 5.26 Å². The van der Waals surface area contributed by atoms with Crippen LogP contribution in [0, 0.1) is 18.3 Å². The Bertz CT molecular complexity index is 840. The summed E-state index contributed by atoms with van der Waals surface area (Å²) in [6.45, 7) is 12.1. The predicted molar refractivity (Wildman–Crippen MR) is 120 cm³/mol. The van der Waals surface area contributed by atoms with Crippen molar-refractivity contribution in [2.45, 2.75) is 90.6 Å². The van der Waals surface area contributed by atoms with Crippen molar-refractivity contribution in [1.29, 1.82) is 5.26 Å². The van der Waals surface area contributed by atoms with Crippen molar-refractivity contribution in [2.75, 3.05) is 11.4 Å². The lowest BCUT2D eigenvalue weighted by atomic mass is 9.79. The molecule has 4 heteroatoms. The van der Waals surface area contributed by atoms with Crippen LogP contribution in [0.25, 0.3) is 6.08 Å². The Morgan fingerprint density at radius 2 is 2.00 bits per heavy atom. The fourth-order valence-corrected chi connectivity index (χ4v) is 5.22. The van der Waals surface area contributed by atoms with Gasteiger partial charge in [-0.05, 0) is 87.8 Å². The summed E-state index contributed by atoms with van der Waals surface area (Å²) in [5, 5.41) is 12.7. The molecule has 29 heavy (non-hydrogen) atoms. The minimum atomic E-state index is -0.235. The Balaban J connectivity index is 1.91. The van der Waals surface area contributed by atoms with Crippen LogP contribution >= 0.6 is 0 Å². The summed E-state index contributed by atoms with van der Waals surface area (Å²) < 4.78 is 0. The van der Waals surface area contributed by atoms with Gasteiger partial charge < -0.3 is 10.2 Å². The highest BCUT2D eigenvalue weighted by Crippen LogP contribution is 2.44. The molecule has 1 aliphatic carbocycles. The molecule has 1 saturated carbocycles. The Labute approximate surface area is 176 Å². The van der Waals surface area contributed by atoms with E-state index < -0.39 is 0 Å². The standard InChI is InChI=1S/C25H35N3O/c1-6-28-23-12-17(2)19(14-22(23)18(3)15-25(28,4)5)13-20(16-26)24(29)27-21-10-8-7-9-11-21/h12-14,18,21H,6-11,15H2,1-5H3,(H,27,29)/b20-13-.